The van der Waals surface area contributed by atoms with Crippen LogP contribution < -0.4 is 5.32 Å². The Kier molecular flexibility index (Phi) is 6.66. The van der Waals surface area contributed by atoms with Crippen molar-refractivity contribution in [2.75, 3.05) is 33.1 Å². The van der Waals surface area contributed by atoms with Crippen molar-refractivity contribution in [3.05, 3.63) is 47.2 Å². The third-order valence-corrected chi connectivity index (χ3v) is 5.58. The first-order valence-electron chi connectivity index (χ1n) is 10.2. The van der Waals surface area contributed by atoms with Crippen molar-refractivity contribution in [2.24, 2.45) is 0 Å². The van der Waals surface area contributed by atoms with Crippen LogP contribution in [0.1, 0.15) is 49.7 Å². The Morgan fingerprint density at radius 1 is 1.32 bits per heavy atom. The summed E-state index contributed by atoms with van der Waals surface area (Å²) in [6, 6.07) is 9.43. The van der Waals surface area contributed by atoms with Gasteiger partial charge in [0.2, 0.25) is 0 Å². The number of fused-ring (bicyclic) bond motifs is 1. The summed E-state index contributed by atoms with van der Waals surface area (Å²) in [6.45, 7) is 6.11. The molecule has 9 nitrogen and oxygen atoms in total. The molecule has 1 aromatic carbocycles. The molecule has 3 rings (SSSR count). The van der Waals surface area contributed by atoms with E-state index in [0.717, 1.165) is 16.8 Å². The van der Waals surface area contributed by atoms with E-state index in [2.05, 4.69) is 15.5 Å². The minimum absolute atomic E-state index is 0.258. The van der Waals surface area contributed by atoms with Gasteiger partial charge in [0.05, 0.1) is 18.3 Å². The minimum atomic E-state index is -0.996. The summed E-state index contributed by atoms with van der Waals surface area (Å²) >= 11 is 0. The van der Waals surface area contributed by atoms with Gasteiger partial charge in [0.15, 0.2) is 5.82 Å². The summed E-state index contributed by atoms with van der Waals surface area (Å²) in [5.41, 5.74) is 1.50. The van der Waals surface area contributed by atoms with Crippen LogP contribution in [0.4, 0.5) is 10.6 Å². The van der Waals surface area contributed by atoms with Crippen LogP contribution in [0.15, 0.2) is 30.3 Å². The molecule has 0 saturated heterocycles. The van der Waals surface area contributed by atoms with Gasteiger partial charge in [-0.2, -0.15) is 5.10 Å². The Labute approximate surface area is 182 Å². The van der Waals surface area contributed by atoms with Crippen LogP contribution >= 0.6 is 0 Å². The number of aromatic nitrogens is 2. The number of likely N-dealkylation sites (N-methyl/N-ethyl adjacent to an activating group) is 1. The van der Waals surface area contributed by atoms with E-state index in [1.165, 1.54) is 7.11 Å². The molecular weight excluding hydrogens is 398 g/mol. The number of carbonyl (C=O) groups excluding carboxylic acids is 2. The number of rotatable bonds is 7. The van der Waals surface area contributed by atoms with Crippen LogP contribution in [0.25, 0.3) is 0 Å². The molecule has 2 heterocycles. The topological polar surface area (TPSA) is 99.8 Å². The lowest BCUT2D eigenvalue weighted by Gasteiger charge is -2.27. The van der Waals surface area contributed by atoms with Gasteiger partial charge in [-0.05, 0) is 40.4 Å². The molecule has 0 fully saturated rings. The SMILES string of the molecule is COC(C)(C)C(=O)Nc1n[nH]c2c1CN(C(=O)OC(CN(C)C)c1ccccc1)C2C. The van der Waals surface area contributed by atoms with Gasteiger partial charge in [0.1, 0.15) is 11.7 Å². The van der Waals surface area contributed by atoms with Crippen LogP contribution in [0.2, 0.25) is 0 Å². The molecule has 1 aliphatic heterocycles. The van der Waals surface area contributed by atoms with Crippen molar-refractivity contribution in [1.29, 1.82) is 0 Å². The zero-order valence-corrected chi connectivity index (χ0v) is 18.9. The predicted octanol–water partition coefficient (Wildman–Crippen LogP) is 3.09. The largest absolute Gasteiger partial charge is 0.440 e. The highest BCUT2D eigenvalue weighted by atomic mass is 16.6. The first-order valence-corrected chi connectivity index (χ1v) is 10.2. The Morgan fingerprint density at radius 3 is 2.61 bits per heavy atom. The number of ether oxygens (including phenoxy) is 2. The molecule has 0 bridgehead atoms. The molecule has 0 saturated carbocycles. The Bertz CT molecular complexity index is 925. The number of anilines is 1. The number of nitrogens with one attached hydrogen (secondary N) is 2. The van der Waals surface area contributed by atoms with Gasteiger partial charge in [-0.1, -0.05) is 30.3 Å². The van der Waals surface area contributed by atoms with Crippen molar-refractivity contribution in [3.63, 3.8) is 0 Å². The van der Waals surface area contributed by atoms with Crippen molar-refractivity contribution in [3.8, 4) is 0 Å². The summed E-state index contributed by atoms with van der Waals surface area (Å²) < 4.78 is 11.1. The lowest BCUT2D eigenvalue weighted by atomic mass is 10.1. The van der Waals surface area contributed by atoms with Gasteiger partial charge in [0.25, 0.3) is 5.91 Å². The molecule has 2 amide bonds. The Morgan fingerprint density at radius 2 is 2.00 bits per heavy atom. The van der Waals surface area contributed by atoms with Crippen molar-refractivity contribution in [2.45, 2.75) is 45.1 Å². The lowest BCUT2D eigenvalue weighted by Crippen LogP contribution is -2.39. The first-order chi connectivity index (χ1) is 14.6. The Hall–Kier alpha value is -2.91. The van der Waals surface area contributed by atoms with Crippen LogP contribution in [0, 0.1) is 0 Å². The summed E-state index contributed by atoms with van der Waals surface area (Å²) in [7, 11) is 5.36. The maximum atomic E-state index is 13.1. The maximum Gasteiger partial charge on any atom is 0.411 e. The molecule has 31 heavy (non-hydrogen) atoms. The van der Waals surface area contributed by atoms with Gasteiger partial charge < -0.3 is 19.7 Å². The summed E-state index contributed by atoms with van der Waals surface area (Å²) in [4.78, 5) is 29.1. The highest BCUT2D eigenvalue weighted by Gasteiger charge is 2.38. The molecule has 2 N–H and O–H groups in total. The van der Waals surface area contributed by atoms with E-state index in [-0.39, 0.29) is 11.9 Å². The van der Waals surface area contributed by atoms with Crippen LogP contribution in [-0.4, -0.2) is 65.3 Å². The van der Waals surface area contributed by atoms with Crippen molar-refractivity contribution < 1.29 is 19.1 Å². The van der Waals surface area contributed by atoms with E-state index in [1.54, 1.807) is 18.7 Å². The van der Waals surface area contributed by atoms with E-state index in [1.807, 2.05) is 56.3 Å². The monoisotopic (exact) mass is 429 g/mol. The second-order valence-electron chi connectivity index (χ2n) is 8.48. The fourth-order valence-corrected chi connectivity index (χ4v) is 3.42. The number of methoxy groups -OCH3 is 1. The standard InChI is InChI=1S/C22H31N5O4/c1-14-18-16(19(25-24-18)23-20(28)22(2,3)30-6)12-27(14)21(29)31-17(13-26(4)5)15-10-8-7-9-11-15/h7-11,14,17H,12-13H2,1-6H3,(H2,23,24,25,28). The highest BCUT2D eigenvalue weighted by Crippen LogP contribution is 2.37. The quantitative estimate of drug-likeness (QED) is 0.702. The molecule has 0 spiro atoms. The number of hydrogen-bond donors (Lipinski definition) is 2. The zero-order chi connectivity index (χ0) is 22.8. The van der Waals surface area contributed by atoms with Gasteiger partial charge in [-0.3, -0.25) is 14.8 Å². The number of carbonyl (C=O) groups is 2. The van der Waals surface area contributed by atoms with Crippen LogP contribution in [-0.2, 0) is 20.8 Å². The molecule has 1 aliphatic rings. The summed E-state index contributed by atoms with van der Waals surface area (Å²) in [6.07, 6.45) is -0.808. The third kappa shape index (κ3) is 4.88. The van der Waals surface area contributed by atoms with E-state index in [9.17, 15) is 9.59 Å². The van der Waals surface area contributed by atoms with E-state index in [4.69, 9.17) is 9.47 Å². The number of benzene rings is 1. The maximum absolute atomic E-state index is 13.1. The summed E-state index contributed by atoms with van der Waals surface area (Å²) in [5, 5.41) is 9.96. The van der Waals surface area contributed by atoms with E-state index in [0.29, 0.717) is 18.9 Å². The number of hydrogen-bond acceptors (Lipinski definition) is 6. The molecular formula is C22H31N5O4. The van der Waals surface area contributed by atoms with Crippen molar-refractivity contribution in [1.82, 2.24) is 20.0 Å². The first kappa shape index (κ1) is 22.8. The molecule has 0 aliphatic carbocycles. The normalized spacial score (nSPS) is 16.9. The third-order valence-electron chi connectivity index (χ3n) is 5.58. The number of H-pyrrole nitrogens is 1. The van der Waals surface area contributed by atoms with Gasteiger partial charge >= 0.3 is 6.09 Å². The number of amides is 2. The molecule has 1 aromatic heterocycles. The fraction of sp³-hybridized carbons (Fsp3) is 0.500. The Balaban J connectivity index is 1.74. The average molecular weight is 430 g/mol. The molecule has 2 aromatic rings. The van der Waals surface area contributed by atoms with Gasteiger partial charge in [0, 0.05) is 19.2 Å². The molecule has 2 atom stereocenters. The zero-order valence-electron chi connectivity index (χ0n) is 18.9. The smallest absolute Gasteiger partial charge is 0.411 e. The van der Waals surface area contributed by atoms with E-state index < -0.39 is 17.8 Å². The average Bonchev–Trinajstić information content (AvgIpc) is 3.28. The molecule has 168 valence electrons. The second-order valence-corrected chi connectivity index (χ2v) is 8.48. The number of aromatic amines is 1. The molecule has 0 radical (unpaired) electrons. The predicted molar refractivity (Wildman–Crippen MR) is 116 cm³/mol. The minimum Gasteiger partial charge on any atom is -0.440 e. The van der Waals surface area contributed by atoms with E-state index >= 15 is 0 Å². The van der Waals surface area contributed by atoms with Crippen LogP contribution in [0.5, 0.6) is 0 Å². The summed E-state index contributed by atoms with van der Waals surface area (Å²) in [5.74, 6) is 0.0910. The fourth-order valence-electron chi connectivity index (χ4n) is 3.42. The van der Waals surface area contributed by atoms with Gasteiger partial charge in [-0.15, -0.1) is 0 Å². The van der Waals surface area contributed by atoms with Crippen LogP contribution in [0.3, 0.4) is 0 Å². The highest BCUT2D eigenvalue weighted by molar-refractivity contribution is 5.96. The van der Waals surface area contributed by atoms with Crippen molar-refractivity contribution >= 4 is 17.8 Å². The molecule has 9 heteroatoms. The lowest BCUT2D eigenvalue weighted by molar-refractivity contribution is -0.133. The molecule has 2 unspecified atom stereocenters. The second kappa shape index (κ2) is 9.07. The number of nitrogens with zero attached hydrogens (tertiary/aromatic N) is 3. The van der Waals surface area contributed by atoms with Gasteiger partial charge in [-0.25, -0.2) is 4.79 Å².